The van der Waals surface area contributed by atoms with Gasteiger partial charge in [0.2, 0.25) is 0 Å². The topological polar surface area (TPSA) is 41.5 Å². The Morgan fingerprint density at radius 2 is 1.79 bits per heavy atom. The minimum Gasteiger partial charge on any atom is -0.389 e. The van der Waals surface area contributed by atoms with Crippen molar-refractivity contribution in [2.24, 2.45) is 11.8 Å². The molecule has 0 heterocycles. The van der Waals surface area contributed by atoms with Crippen molar-refractivity contribution in [3.63, 3.8) is 0 Å². The molecule has 0 spiro atoms. The number of nitrogens with one attached hydrogen (secondary N) is 1. The average molecular weight is 271 g/mol. The Hall–Kier alpha value is -0.120. The molecule has 1 rings (SSSR count). The van der Waals surface area contributed by atoms with Crippen LogP contribution in [0, 0.1) is 11.8 Å². The van der Waals surface area contributed by atoms with Crippen LogP contribution >= 0.6 is 0 Å². The molecule has 3 nitrogen and oxygen atoms in total. The molecule has 0 aliphatic heterocycles. The van der Waals surface area contributed by atoms with Gasteiger partial charge in [-0.1, -0.05) is 26.7 Å². The molecule has 1 aliphatic rings. The molecule has 19 heavy (non-hydrogen) atoms. The highest BCUT2D eigenvalue weighted by atomic mass is 16.5. The van der Waals surface area contributed by atoms with Crippen molar-refractivity contribution in [1.29, 1.82) is 0 Å². The highest BCUT2D eigenvalue weighted by Crippen LogP contribution is 2.27. The fourth-order valence-corrected chi connectivity index (χ4v) is 3.01. The van der Waals surface area contributed by atoms with Crippen molar-refractivity contribution < 1.29 is 9.84 Å². The lowest BCUT2D eigenvalue weighted by atomic mass is 10.00. The molecule has 3 unspecified atom stereocenters. The monoisotopic (exact) mass is 271 g/mol. The van der Waals surface area contributed by atoms with Crippen LogP contribution in [0.25, 0.3) is 0 Å². The van der Waals surface area contributed by atoms with E-state index in [0.29, 0.717) is 25.1 Å². The molecule has 0 aromatic carbocycles. The van der Waals surface area contributed by atoms with Gasteiger partial charge in [-0.3, -0.25) is 0 Å². The molecule has 3 heteroatoms. The predicted octanol–water partition coefficient (Wildman–Crippen LogP) is 2.97. The molecule has 0 aromatic rings. The number of rotatable bonds is 9. The van der Waals surface area contributed by atoms with Crippen molar-refractivity contribution in [2.45, 2.75) is 78.0 Å². The van der Waals surface area contributed by atoms with Gasteiger partial charge in [-0.2, -0.15) is 0 Å². The van der Waals surface area contributed by atoms with E-state index in [-0.39, 0.29) is 6.10 Å². The maximum atomic E-state index is 9.94. The van der Waals surface area contributed by atoms with Gasteiger partial charge in [0.05, 0.1) is 18.8 Å². The molecule has 1 fully saturated rings. The fraction of sp³-hybridized carbons (Fsp3) is 1.00. The Balaban J connectivity index is 2.08. The van der Waals surface area contributed by atoms with Crippen molar-refractivity contribution in [2.75, 3.05) is 13.2 Å². The molecular weight excluding hydrogens is 238 g/mol. The minimum absolute atomic E-state index is 0.238. The van der Waals surface area contributed by atoms with Crippen LogP contribution in [0.3, 0.4) is 0 Å². The van der Waals surface area contributed by atoms with Crippen molar-refractivity contribution in [1.82, 2.24) is 5.32 Å². The molecule has 1 saturated carbocycles. The molecule has 0 aromatic heterocycles. The van der Waals surface area contributed by atoms with Crippen LogP contribution in [0.5, 0.6) is 0 Å². The molecular formula is C16H33NO2. The number of aliphatic hydroxyl groups is 1. The van der Waals surface area contributed by atoms with Crippen LogP contribution < -0.4 is 5.32 Å². The van der Waals surface area contributed by atoms with E-state index in [1.807, 2.05) is 0 Å². The number of aliphatic hydroxyl groups excluding tert-OH is 1. The van der Waals surface area contributed by atoms with Crippen LogP contribution in [0.1, 0.15) is 59.8 Å². The van der Waals surface area contributed by atoms with Gasteiger partial charge in [0.25, 0.3) is 0 Å². The van der Waals surface area contributed by atoms with Gasteiger partial charge >= 0.3 is 0 Å². The summed E-state index contributed by atoms with van der Waals surface area (Å²) in [6.07, 6.45) is 6.32. The lowest BCUT2D eigenvalue weighted by molar-refractivity contribution is -0.00961. The van der Waals surface area contributed by atoms with E-state index in [9.17, 15) is 5.11 Å². The van der Waals surface area contributed by atoms with Crippen LogP contribution in [-0.2, 0) is 4.74 Å². The molecule has 2 N–H and O–H groups in total. The molecule has 0 bridgehead atoms. The van der Waals surface area contributed by atoms with Gasteiger partial charge in [-0.25, -0.2) is 0 Å². The Kier molecular flexibility index (Phi) is 7.96. The minimum atomic E-state index is -0.390. The summed E-state index contributed by atoms with van der Waals surface area (Å²) in [7, 11) is 0. The molecule has 0 amide bonds. The first kappa shape index (κ1) is 16.9. The van der Waals surface area contributed by atoms with E-state index in [2.05, 4.69) is 33.0 Å². The first-order valence-electron chi connectivity index (χ1n) is 8.02. The van der Waals surface area contributed by atoms with Gasteiger partial charge in [0, 0.05) is 12.6 Å². The third-order valence-corrected chi connectivity index (χ3v) is 4.16. The maximum Gasteiger partial charge on any atom is 0.0897 e. The van der Waals surface area contributed by atoms with Crippen molar-refractivity contribution in [3.05, 3.63) is 0 Å². The summed E-state index contributed by atoms with van der Waals surface area (Å²) in [5.41, 5.74) is 0. The number of hydrogen-bond acceptors (Lipinski definition) is 3. The summed E-state index contributed by atoms with van der Waals surface area (Å²) in [5, 5.41) is 13.4. The molecule has 0 saturated heterocycles. The SMILES string of the molecule is CC(C)CC(C)OCC(O)CNC(C)C1CCCC1. The van der Waals surface area contributed by atoms with Crippen LogP contribution in [0.4, 0.5) is 0 Å². The second-order valence-corrected chi connectivity index (χ2v) is 6.67. The Morgan fingerprint density at radius 3 is 2.37 bits per heavy atom. The predicted molar refractivity (Wildman–Crippen MR) is 80.3 cm³/mol. The van der Waals surface area contributed by atoms with Crippen LogP contribution in [-0.4, -0.2) is 36.5 Å². The summed E-state index contributed by atoms with van der Waals surface area (Å²) in [5.74, 6) is 1.45. The second kappa shape index (κ2) is 8.93. The third-order valence-electron chi connectivity index (χ3n) is 4.16. The highest BCUT2D eigenvalue weighted by Gasteiger charge is 2.21. The quantitative estimate of drug-likeness (QED) is 0.677. The second-order valence-electron chi connectivity index (χ2n) is 6.67. The van der Waals surface area contributed by atoms with E-state index < -0.39 is 6.10 Å². The van der Waals surface area contributed by atoms with Crippen molar-refractivity contribution >= 4 is 0 Å². The lowest BCUT2D eigenvalue weighted by Gasteiger charge is -2.23. The molecule has 114 valence electrons. The van der Waals surface area contributed by atoms with Gasteiger partial charge in [-0.05, 0) is 44.9 Å². The van der Waals surface area contributed by atoms with Crippen LogP contribution in [0.15, 0.2) is 0 Å². The van der Waals surface area contributed by atoms with Gasteiger partial charge in [0.1, 0.15) is 0 Å². The van der Waals surface area contributed by atoms with E-state index >= 15 is 0 Å². The zero-order valence-corrected chi connectivity index (χ0v) is 13.2. The number of ether oxygens (including phenoxy) is 1. The number of hydrogen-bond donors (Lipinski definition) is 2. The van der Waals surface area contributed by atoms with E-state index in [4.69, 9.17) is 4.74 Å². The summed E-state index contributed by atoms with van der Waals surface area (Å²) in [6.45, 7) is 9.80. The van der Waals surface area contributed by atoms with E-state index in [1.54, 1.807) is 0 Å². The maximum absolute atomic E-state index is 9.94. The van der Waals surface area contributed by atoms with Crippen molar-refractivity contribution in [3.8, 4) is 0 Å². The average Bonchev–Trinajstić information content (AvgIpc) is 2.86. The lowest BCUT2D eigenvalue weighted by Crippen LogP contribution is -2.39. The van der Waals surface area contributed by atoms with Crippen LogP contribution in [0.2, 0.25) is 0 Å². The summed E-state index contributed by atoms with van der Waals surface area (Å²) in [6, 6.07) is 0.519. The molecule has 1 aliphatic carbocycles. The Labute approximate surface area is 119 Å². The normalized spacial score (nSPS) is 21.8. The molecule has 0 radical (unpaired) electrons. The zero-order valence-electron chi connectivity index (χ0n) is 13.2. The third kappa shape index (κ3) is 7.28. The Bertz CT molecular complexity index is 227. The van der Waals surface area contributed by atoms with E-state index in [0.717, 1.165) is 12.3 Å². The highest BCUT2D eigenvalue weighted by molar-refractivity contribution is 4.78. The standard InChI is InChI=1S/C16H33NO2/c1-12(2)9-13(3)19-11-16(18)10-17-14(4)15-7-5-6-8-15/h12-18H,5-11H2,1-4H3. The first-order valence-corrected chi connectivity index (χ1v) is 8.02. The fourth-order valence-electron chi connectivity index (χ4n) is 3.01. The van der Waals surface area contributed by atoms with E-state index in [1.165, 1.54) is 25.7 Å². The summed E-state index contributed by atoms with van der Waals surface area (Å²) < 4.78 is 5.68. The zero-order chi connectivity index (χ0) is 14.3. The summed E-state index contributed by atoms with van der Waals surface area (Å²) in [4.78, 5) is 0. The smallest absolute Gasteiger partial charge is 0.0897 e. The molecule has 3 atom stereocenters. The largest absolute Gasteiger partial charge is 0.389 e. The first-order chi connectivity index (χ1) is 8.99. The summed E-state index contributed by atoms with van der Waals surface area (Å²) >= 11 is 0. The van der Waals surface area contributed by atoms with Gasteiger partial charge in [0.15, 0.2) is 0 Å². The van der Waals surface area contributed by atoms with Gasteiger partial charge < -0.3 is 15.2 Å². The van der Waals surface area contributed by atoms with Gasteiger partial charge in [-0.15, -0.1) is 0 Å². The Morgan fingerprint density at radius 1 is 1.16 bits per heavy atom.